The van der Waals surface area contributed by atoms with Crippen molar-refractivity contribution in [1.29, 1.82) is 0 Å². The van der Waals surface area contributed by atoms with Crippen LogP contribution in [0.4, 0.5) is 0 Å². The van der Waals surface area contributed by atoms with Crippen molar-refractivity contribution < 1.29 is 32.9 Å². The molecule has 3 atom stereocenters. The summed E-state index contributed by atoms with van der Waals surface area (Å²) < 4.78 is 23.4. The highest BCUT2D eigenvalue weighted by atomic mass is 31.2. The maximum absolute atomic E-state index is 13.0. The van der Waals surface area contributed by atoms with Gasteiger partial charge in [-0.3, -0.25) is 9.36 Å². The van der Waals surface area contributed by atoms with Crippen molar-refractivity contribution >= 4 is 13.7 Å². The zero-order valence-corrected chi connectivity index (χ0v) is 51.9. The third kappa shape index (κ3) is 59.9. The first kappa shape index (κ1) is 74.2. The Morgan fingerprint density at radius 2 is 0.776 bits per heavy atom. The molecule has 0 rings (SSSR count). The second kappa shape index (κ2) is 57.9. The molecule has 0 heterocycles. The highest BCUT2D eigenvalue weighted by molar-refractivity contribution is 7.45. The van der Waals surface area contributed by atoms with E-state index in [-0.39, 0.29) is 12.5 Å². The Bertz CT molecular complexity index is 1420. The number of allylic oxidation sites excluding steroid dienone is 9. The number of aliphatic hydroxyl groups is 1. The smallest absolute Gasteiger partial charge is 0.268 e. The Morgan fingerprint density at radius 3 is 1.16 bits per heavy atom. The summed E-state index contributed by atoms with van der Waals surface area (Å²) in [6.45, 7) is 4.65. The van der Waals surface area contributed by atoms with Crippen LogP contribution in [0.25, 0.3) is 0 Å². The van der Waals surface area contributed by atoms with Crippen LogP contribution < -0.4 is 10.2 Å². The third-order valence-corrected chi connectivity index (χ3v) is 15.7. The molecule has 1 amide bonds. The zero-order chi connectivity index (χ0) is 55.6. The maximum Gasteiger partial charge on any atom is 0.268 e. The number of carbonyl (C=O) groups excluding carboxylic acids is 1. The minimum absolute atomic E-state index is 0.00615. The number of phosphoric acid groups is 1. The third-order valence-electron chi connectivity index (χ3n) is 14.7. The number of hydrogen-bond donors (Lipinski definition) is 2. The summed E-state index contributed by atoms with van der Waals surface area (Å²) in [5.74, 6) is -0.203. The normalized spacial score (nSPS) is 14.1. The fourth-order valence-electron chi connectivity index (χ4n) is 9.59. The number of aliphatic hydroxyl groups excluding tert-OH is 1. The lowest BCUT2D eigenvalue weighted by atomic mass is 10.0. The Labute approximate surface area is 472 Å². The predicted molar refractivity (Wildman–Crippen MR) is 330 cm³/mol. The number of quaternary nitrogens is 1. The van der Waals surface area contributed by atoms with Gasteiger partial charge in [0, 0.05) is 6.42 Å². The zero-order valence-electron chi connectivity index (χ0n) is 51.0. The largest absolute Gasteiger partial charge is 0.756 e. The average Bonchev–Trinajstić information content (AvgIpc) is 3.38. The summed E-state index contributed by atoms with van der Waals surface area (Å²) in [5.41, 5.74) is 0. The molecule has 0 aliphatic rings. The van der Waals surface area contributed by atoms with Gasteiger partial charge in [0.25, 0.3) is 7.82 Å². The molecule has 0 spiro atoms. The molecule has 0 aromatic rings. The first-order valence-corrected chi connectivity index (χ1v) is 34.1. The Morgan fingerprint density at radius 1 is 0.461 bits per heavy atom. The van der Waals surface area contributed by atoms with Gasteiger partial charge in [-0.15, -0.1) is 0 Å². The molecule has 76 heavy (non-hydrogen) atoms. The summed E-state index contributed by atoms with van der Waals surface area (Å²) in [6.07, 6.45) is 79.0. The number of hydrogen-bond acceptors (Lipinski definition) is 6. The summed E-state index contributed by atoms with van der Waals surface area (Å²) in [7, 11) is 1.25. The van der Waals surface area contributed by atoms with Crippen LogP contribution in [0.5, 0.6) is 0 Å². The molecule has 0 saturated heterocycles. The summed E-state index contributed by atoms with van der Waals surface area (Å²) in [6, 6.07) is -0.904. The number of phosphoric ester groups is 1. The number of nitrogens with zero attached hydrogens (tertiary/aromatic N) is 1. The number of likely N-dealkylation sites (N-methyl/N-ethyl adjacent to an activating group) is 1. The van der Waals surface area contributed by atoms with Gasteiger partial charge in [-0.25, -0.2) is 0 Å². The Kier molecular flexibility index (Phi) is 56.5. The Balaban J connectivity index is 4.05. The van der Waals surface area contributed by atoms with Crippen LogP contribution in [-0.2, 0) is 18.4 Å². The van der Waals surface area contributed by atoms with E-state index in [1.165, 1.54) is 238 Å². The highest BCUT2D eigenvalue weighted by Gasteiger charge is 2.23. The fraction of sp³-hybridized carbons (Fsp3) is 0.836. The van der Waals surface area contributed by atoms with Gasteiger partial charge in [-0.1, -0.05) is 293 Å². The fourth-order valence-corrected chi connectivity index (χ4v) is 10.3. The van der Waals surface area contributed by atoms with Crippen molar-refractivity contribution in [3.8, 4) is 0 Å². The molecule has 0 aliphatic carbocycles. The van der Waals surface area contributed by atoms with E-state index >= 15 is 0 Å². The van der Waals surface area contributed by atoms with Gasteiger partial charge in [-0.2, -0.15) is 0 Å². The van der Waals surface area contributed by atoms with Gasteiger partial charge >= 0.3 is 0 Å². The quantitative estimate of drug-likeness (QED) is 0.0272. The van der Waals surface area contributed by atoms with Crippen molar-refractivity contribution in [3.63, 3.8) is 0 Å². The Hall–Kier alpha value is -1.80. The topological polar surface area (TPSA) is 108 Å². The molecule has 0 aromatic heterocycles. The van der Waals surface area contributed by atoms with Gasteiger partial charge in [-0.05, 0) is 70.6 Å². The minimum Gasteiger partial charge on any atom is -0.756 e. The molecule has 9 heteroatoms. The van der Waals surface area contributed by atoms with E-state index in [0.29, 0.717) is 17.4 Å². The molecule has 8 nitrogen and oxygen atoms in total. The van der Waals surface area contributed by atoms with Crippen molar-refractivity contribution in [1.82, 2.24) is 5.32 Å². The summed E-state index contributed by atoms with van der Waals surface area (Å²) in [5, 5.41) is 13.9. The number of carbonyl (C=O) groups is 1. The molecule has 0 aliphatic heterocycles. The SMILES string of the molecule is CCCCCCC/C=C\C/C=C\C/C=C\CCCCCCCCCCCCCCCCCCCCCCC(=O)NC(COP(=O)([O-])OCC[N+](C)(C)C)C(O)/C=C/CC/C=C/CCCCCCCCCCCCCCC. The van der Waals surface area contributed by atoms with Crippen LogP contribution in [0.3, 0.4) is 0 Å². The number of unbranched alkanes of at least 4 members (excludes halogenated alkanes) is 39. The molecule has 2 N–H and O–H groups in total. The van der Waals surface area contributed by atoms with Crippen LogP contribution in [0, 0.1) is 0 Å². The van der Waals surface area contributed by atoms with Crippen LogP contribution >= 0.6 is 7.82 Å². The molecule has 3 unspecified atom stereocenters. The van der Waals surface area contributed by atoms with E-state index in [4.69, 9.17) is 9.05 Å². The molecular weight excluding hydrogens is 960 g/mol. The number of amides is 1. The monoisotopic (exact) mass is 1090 g/mol. The predicted octanol–water partition coefficient (Wildman–Crippen LogP) is 19.8. The second-order valence-corrected chi connectivity index (χ2v) is 24.9. The molecule has 0 saturated carbocycles. The lowest BCUT2D eigenvalue weighted by Crippen LogP contribution is -2.45. The molecule has 0 aromatic carbocycles. The van der Waals surface area contributed by atoms with Gasteiger partial charge in [0.15, 0.2) is 0 Å². The van der Waals surface area contributed by atoms with Crippen molar-refractivity contribution in [2.45, 2.75) is 321 Å². The lowest BCUT2D eigenvalue weighted by molar-refractivity contribution is -0.870. The molecular formula is C67H127N2O6P. The van der Waals surface area contributed by atoms with Crippen molar-refractivity contribution in [2.24, 2.45) is 0 Å². The molecule has 0 fully saturated rings. The maximum atomic E-state index is 13.0. The summed E-state index contributed by atoms with van der Waals surface area (Å²) in [4.78, 5) is 25.6. The van der Waals surface area contributed by atoms with E-state index in [0.717, 1.165) is 51.4 Å². The van der Waals surface area contributed by atoms with Gasteiger partial charge in [0.05, 0.1) is 39.9 Å². The highest BCUT2D eigenvalue weighted by Crippen LogP contribution is 2.38. The van der Waals surface area contributed by atoms with Crippen LogP contribution in [0.15, 0.2) is 60.8 Å². The van der Waals surface area contributed by atoms with E-state index in [1.54, 1.807) is 6.08 Å². The first-order chi connectivity index (χ1) is 37.0. The number of rotatable bonds is 60. The van der Waals surface area contributed by atoms with E-state index < -0.39 is 26.6 Å². The molecule has 0 radical (unpaired) electrons. The van der Waals surface area contributed by atoms with Crippen molar-refractivity contribution in [2.75, 3.05) is 40.9 Å². The standard InChI is InChI=1S/C67H127N2O6P/c1-6-8-10-12-14-16-18-20-22-24-26-27-28-29-30-31-32-33-34-35-36-37-38-39-40-41-43-45-47-49-51-53-55-57-59-61-67(71)68-65(64-75-76(72,73)74-63-62-69(3,4)5)66(70)60-58-56-54-52-50-48-46-44-42-25-23-21-19-17-15-13-11-9-7-2/h18,20,24,26,28-29,50,52,58,60,65-66,70H,6-17,19,21-23,25,27,30-49,51,53-57,59,61-64H2,1-5H3,(H-,68,71,72,73)/b20-18-,26-24-,29-28-,52-50+,60-58+. The van der Waals surface area contributed by atoms with Gasteiger partial charge < -0.3 is 28.8 Å². The van der Waals surface area contributed by atoms with Crippen LogP contribution in [-0.4, -0.2) is 68.5 Å². The van der Waals surface area contributed by atoms with Gasteiger partial charge in [0.1, 0.15) is 13.2 Å². The second-order valence-electron chi connectivity index (χ2n) is 23.5. The minimum atomic E-state index is -4.61. The van der Waals surface area contributed by atoms with Crippen LogP contribution in [0.1, 0.15) is 309 Å². The van der Waals surface area contributed by atoms with Crippen molar-refractivity contribution in [3.05, 3.63) is 60.8 Å². The van der Waals surface area contributed by atoms with Crippen LogP contribution in [0.2, 0.25) is 0 Å². The van der Waals surface area contributed by atoms with Gasteiger partial charge in [0.2, 0.25) is 5.91 Å². The molecule has 0 bridgehead atoms. The number of nitrogens with one attached hydrogen (secondary N) is 1. The molecule has 446 valence electrons. The lowest BCUT2D eigenvalue weighted by Gasteiger charge is -2.29. The van der Waals surface area contributed by atoms with E-state index in [2.05, 4.69) is 67.8 Å². The first-order valence-electron chi connectivity index (χ1n) is 32.7. The van der Waals surface area contributed by atoms with E-state index in [1.807, 2.05) is 27.2 Å². The average molecular weight is 1090 g/mol. The summed E-state index contributed by atoms with van der Waals surface area (Å²) >= 11 is 0. The van der Waals surface area contributed by atoms with E-state index in [9.17, 15) is 19.4 Å².